The molecule has 0 aliphatic heterocycles. The van der Waals surface area contributed by atoms with E-state index in [1.54, 1.807) is 24.3 Å². The second kappa shape index (κ2) is 8.37. The van der Waals surface area contributed by atoms with E-state index in [9.17, 15) is 14.9 Å². The number of pyridine rings is 2. The summed E-state index contributed by atoms with van der Waals surface area (Å²) in [6.07, 6.45) is 2.54. The van der Waals surface area contributed by atoms with Crippen LogP contribution < -0.4 is 15.6 Å². The molecule has 4 rings (SSSR count). The van der Waals surface area contributed by atoms with Gasteiger partial charge in [-0.15, -0.1) is 0 Å². The average molecular weight is 417 g/mol. The molecular weight excluding hydrogens is 402 g/mol. The van der Waals surface area contributed by atoms with E-state index in [-0.39, 0.29) is 17.4 Å². The quantitative estimate of drug-likeness (QED) is 0.357. The summed E-state index contributed by atoms with van der Waals surface area (Å²) in [7, 11) is 0. The van der Waals surface area contributed by atoms with Crippen molar-refractivity contribution in [3.05, 3.63) is 82.6 Å². The van der Waals surface area contributed by atoms with Gasteiger partial charge in [0.2, 0.25) is 5.82 Å². The predicted molar refractivity (Wildman–Crippen MR) is 111 cm³/mol. The minimum absolute atomic E-state index is 0.125. The molecule has 3 aromatic heterocycles. The Bertz CT molecular complexity index is 1280. The van der Waals surface area contributed by atoms with Gasteiger partial charge in [0.25, 0.3) is 5.91 Å². The van der Waals surface area contributed by atoms with Crippen LogP contribution in [0.2, 0.25) is 0 Å². The third-order valence-corrected chi connectivity index (χ3v) is 4.19. The van der Waals surface area contributed by atoms with Gasteiger partial charge < -0.3 is 4.74 Å². The lowest BCUT2D eigenvalue weighted by molar-refractivity contribution is -0.385. The molecule has 0 aliphatic carbocycles. The largest absolute Gasteiger partial charge is 0.431 e. The lowest BCUT2D eigenvalue weighted by Gasteiger charge is -2.11. The highest BCUT2D eigenvalue weighted by Crippen LogP contribution is 2.35. The number of nitrogens with zero attached hydrogens (tertiary/aromatic N) is 5. The Balaban J connectivity index is 1.65. The molecule has 11 heteroatoms. The summed E-state index contributed by atoms with van der Waals surface area (Å²) in [5.74, 6) is -0.842. The van der Waals surface area contributed by atoms with Gasteiger partial charge in [-0.05, 0) is 31.2 Å². The van der Waals surface area contributed by atoms with Crippen molar-refractivity contribution >= 4 is 28.3 Å². The zero-order valence-electron chi connectivity index (χ0n) is 16.1. The number of nitrogens with one attached hydrogen (secondary N) is 2. The van der Waals surface area contributed by atoms with Gasteiger partial charge in [0, 0.05) is 17.3 Å². The minimum Gasteiger partial charge on any atom is -0.431 e. The minimum atomic E-state index is -0.700. The molecule has 154 valence electrons. The number of hydrogen-bond donors (Lipinski definition) is 2. The summed E-state index contributed by atoms with van der Waals surface area (Å²) in [4.78, 5) is 39.3. The number of ether oxygens (including phenoxy) is 1. The first-order chi connectivity index (χ1) is 15.0. The zero-order valence-corrected chi connectivity index (χ0v) is 16.1. The fraction of sp³-hybridized carbons (Fsp3) is 0.0500. The molecule has 3 heterocycles. The molecule has 4 aromatic rings. The number of amides is 1. The lowest BCUT2D eigenvalue weighted by atomic mass is 10.2. The molecule has 0 aliphatic rings. The summed E-state index contributed by atoms with van der Waals surface area (Å²) in [5, 5.41) is 12.5. The molecule has 0 fully saturated rings. The second-order valence-corrected chi connectivity index (χ2v) is 6.31. The Labute approximate surface area is 175 Å². The third kappa shape index (κ3) is 4.19. The van der Waals surface area contributed by atoms with Crippen LogP contribution in [0.25, 0.3) is 10.9 Å². The van der Waals surface area contributed by atoms with Gasteiger partial charge in [-0.25, -0.2) is 9.97 Å². The van der Waals surface area contributed by atoms with Crippen LogP contribution in [0, 0.1) is 17.0 Å². The predicted octanol–water partition coefficient (Wildman–Crippen LogP) is 3.19. The molecule has 0 spiro atoms. The fourth-order valence-electron chi connectivity index (χ4n) is 2.77. The molecule has 2 N–H and O–H groups in total. The van der Waals surface area contributed by atoms with Crippen molar-refractivity contribution < 1.29 is 14.5 Å². The molecule has 0 radical (unpaired) electrons. The van der Waals surface area contributed by atoms with Gasteiger partial charge in [-0.3, -0.25) is 30.7 Å². The first-order valence-corrected chi connectivity index (χ1v) is 9.04. The van der Waals surface area contributed by atoms with E-state index < -0.39 is 16.5 Å². The van der Waals surface area contributed by atoms with Crippen LogP contribution in [0.1, 0.15) is 16.2 Å². The topological polar surface area (TPSA) is 145 Å². The summed E-state index contributed by atoms with van der Waals surface area (Å²) < 4.78 is 5.75. The molecule has 31 heavy (non-hydrogen) atoms. The van der Waals surface area contributed by atoms with Crippen molar-refractivity contribution in [3.8, 4) is 11.6 Å². The Kier molecular flexibility index (Phi) is 5.30. The summed E-state index contributed by atoms with van der Waals surface area (Å²) in [6.45, 7) is 1.83. The number of carbonyl (C=O) groups excluding carboxylic acids is 1. The second-order valence-electron chi connectivity index (χ2n) is 6.31. The average Bonchev–Trinajstić information content (AvgIpc) is 2.78. The van der Waals surface area contributed by atoms with Crippen LogP contribution in [0.4, 0.5) is 11.5 Å². The van der Waals surface area contributed by atoms with Gasteiger partial charge in [0.1, 0.15) is 17.5 Å². The number of aryl methyl sites for hydroxylation is 1. The SMILES string of the molecule is Cc1ccc2cccc(Oc3ncnc(NNC(=O)c4ccccn4)c3[N+](=O)[O-])c2n1. The summed E-state index contributed by atoms with van der Waals surface area (Å²) in [5.41, 5.74) is 5.64. The monoisotopic (exact) mass is 417 g/mol. The number of hydrogen-bond acceptors (Lipinski definition) is 9. The van der Waals surface area contributed by atoms with E-state index in [0.717, 1.165) is 17.4 Å². The van der Waals surface area contributed by atoms with E-state index in [1.807, 2.05) is 25.1 Å². The Morgan fingerprint density at radius 1 is 1.06 bits per heavy atom. The van der Waals surface area contributed by atoms with Crippen molar-refractivity contribution in [2.45, 2.75) is 6.92 Å². The van der Waals surface area contributed by atoms with Crippen molar-refractivity contribution in [3.63, 3.8) is 0 Å². The molecule has 0 saturated carbocycles. The molecular formula is C20H15N7O4. The number of benzene rings is 1. The smallest absolute Gasteiger partial charge is 0.374 e. The van der Waals surface area contributed by atoms with Crippen LogP contribution >= 0.6 is 0 Å². The van der Waals surface area contributed by atoms with Gasteiger partial charge in [0.15, 0.2) is 5.75 Å². The molecule has 1 amide bonds. The molecule has 0 bridgehead atoms. The maximum Gasteiger partial charge on any atom is 0.374 e. The third-order valence-electron chi connectivity index (χ3n) is 4.19. The van der Waals surface area contributed by atoms with Crippen LogP contribution in [-0.2, 0) is 0 Å². The molecule has 1 aromatic carbocycles. The highest BCUT2D eigenvalue weighted by atomic mass is 16.6. The van der Waals surface area contributed by atoms with Gasteiger partial charge in [-0.1, -0.05) is 24.3 Å². The zero-order chi connectivity index (χ0) is 21.8. The number of anilines is 1. The number of fused-ring (bicyclic) bond motifs is 1. The number of rotatable bonds is 6. The van der Waals surface area contributed by atoms with Crippen LogP contribution in [0.5, 0.6) is 11.6 Å². The van der Waals surface area contributed by atoms with E-state index in [2.05, 4.69) is 30.8 Å². The normalized spacial score (nSPS) is 10.5. The molecule has 11 nitrogen and oxygen atoms in total. The maximum absolute atomic E-state index is 12.2. The molecule has 0 unspecified atom stereocenters. The highest BCUT2D eigenvalue weighted by Gasteiger charge is 2.26. The van der Waals surface area contributed by atoms with Crippen LogP contribution in [0.3, 0.4) is 0 Å². The summed E-state index contributed by atoms with van der Waals surface area (Å²) in [6, 6.07) is 13.8. The van der Waals surface area contributed by atoms with Crippen LogP contribution in [-0.4, -0.2) is 30.8 Å². The number of carbonyl (C=O) groups is 1. The first kappa shape index (κ1) is 19.6. The number of aromatic nitrogens is 4. The van der Waals surface area contributed by atoms with Gasteiger partial charge in [-0.2, -0.15) is 4.98 Å². The Morgan fingerprint density at radius 2 is 1.94 bits per heavy atom. The van der Waals surface area contributed by atoms with Crippen molar-refractivity contribution in [1.29, 1.82) is 0 Å². The van der Waals surface area contributed by atoms with Crippen molar-refractivity contribution in [2.24, 2.45) is 0 Å². The van der Waals surface area contributed by atoms with Gasteiger partial charge in [0.05, 0.1) is 4.92 Å². The standard InChI is InChI=1S/C20H15N7O4/c1-12-8-9-13-5-4-7-15(16(13)24-12)31-20-17(27(29)30)18(22-11-23-20)25-26-19(28)14-6-2-3-10-21-14/h2-11H,1H3,(H,26,28)(H,22,23,25). The fourth-order valence-corrected chi connectivity index (χ4v) is 2.77. The van der Waals surface area contributed by atoms with E-state index in [0.29, 0.717) is 11.3 Å². The van der Waals surface area contributed by atoms with E-state index >= 15 is 0 Å². The number of para-hydroxylation sites is 1. The first-order valence-electron chi connectivity index (χ1n) is 9.04. The lowest BCUT2D eigenvalue weighted by Crippen LogP contribution is -2.30. The highest BCUT2D eigenvalue weighted by molar-refractivity contribution is 5.93. The molecule has 0 saturated heterocycles. The van der Waals surface area contributed by atoms with Crippen molar-refractivity contribution in [1.82, 2.24) is 25.4 Å². The van der Waals surface area contributed by atoms with E-state index in [1.165, 1.54) is 12.3 Å². The van der Waals surface area contributed by atoms with Gasteiger partial charge >= 0.3 is 11.6 Å². The van der Waals surface area contributed by atoms with Crippen LogP contribution in [0.15, 0.2) is 61.1 Å². The summed E-state index contributed by atoms with van der Waals surface area (Å²) >= 11 is 0. The van der Waals surface area contributed by atoms with E-state index in [4.69, 9.17) is 4.74 Å². The Hall–Kier alpha value is -4.67. The Morgan fingerprint density at radius 3 is 2.71 bits per heavy atom. The maximum atomic E-state index is 12.2. The molecule has 0 atom stereocenters. The van der Waals surface area contributed by atoms with Crippen molar-refractivity contribution in [2.75, 3.05) is 5.43 Å². The number of nitro groups is 1. The number of hydrazine groups is 1.